The lowest BCUT2D eigenvalue weighted by Gasteiger charge is -2.00. The molecule has 0 atom stereocenters. The van der Waals surface area contributed by atoms with Gasteiger partial charge >= 0.3 is 0 Å². The summed E-state index contributed by atoms with van der Waals surface area (Å²) in [6.07, 6.45) is 2.88. The van der Waals surface area contributed by atoms with E-state index in [1.165, 1.54) is 0 Å². The SMILES string of the molecule is O=C(Cc1c[nH]c2ccccc12)N/N=C/c1cc([N+](=O)[O-])ccc1F. The number of hydrogen-bond donors (Lipinski definition) is 2. The first kappa shape index (κ1) is 16.3. The normalized spacial score (nSPS) is 11.1. The highest BCUT2D eigenvalue weighted by Crippen LogP contribution is 2.18. The summed E-state index contributed by atoms with van der Waals surface area (Å²) in [6.45, 7) is 0. The van der Waals surface area contributed by atoms with E-state index in [0.717, 1.165) is 40.9 Å². The van der Waals surface area contributed by atoms with Crippen LogP contribution in [-0.2, 0) is 11.2 Å². The second kappa shape index (κ2) is 6.91. The van der Waals surface area contributed by atoms with Gasteiger partial charge in [-0.2, -0.15) is 5.10 Å². The van der Waals surface area contributed by atoms with Crippen LogP contribution in [0.1, 0.15) is 11.1 Å². The van der Waals surface area contributed by atoms with Gasteiger partial charge in [-0.15, -0.1) is 0 Å². The molecule has 0 aliphatic heterocycles. The average molecular weight is 340 g/mol. The number of nitrogens with zero attached hydrogens (tertiary/aromatic N) is 2. The Hall–Kier alpha value is -3.55. The summed E-state index contributed by atoms with van der Waals surface area (Å²) in [5.74, 6) is -1.05. The number of carbonyl (C=O) groups excluding carboxylic acids is 1. The molecule has 0 aliphatic rings. The number of carbonyl (C=O) groups is 1. The van der Waals surface area contributed by atoms with Crippen molar-refractivity contribution in [2.75, 3.05) is 0 Å². The van der Waals surface area contributed by atoms with E-state index in [0.29, 0.717) is 0 Å². The zero-order chi connectivity index (χ0) is 17.8. The standard InChI is InChI=1S/C17H13FN4O3/c18-15-6-5-13(22(24)25)7-12(15)10-20-21-17(23)8-11-9-19-16-4-2-1-3-14(11)16/h1-7,9-10,19H,8H2,(H,21,23)/b20-10+. The molecular formula is C17H13FN4O3. The second-order valence-corrected chi connectivity index (χ2v) is 5.29. The lowest BCUT2D eigenvalue weighted by molar-refractivity contribution is -0.384. The molecule has 8 heteroatoms. The first-order valence-electron chi connectivity index (χ1n) is 7.35. The number of aromatic amines is 1. The average Bonchev–Trinajstić information content (AvgIpc) is 2.99. The molecule has 0 bridgehead atoms. The quantitative estimate of drug-likeness (QED) is 0.424. The van der Waals surface area contributed by atoms with Crippen LogP contribution in [0.2, 0.25) is 0 Å². The van der Waals surface area contributed by atoms with E-state index < -0.39 is 10.7 Å². The van der Waals surface area contributed by atoms with Crippen molar-refractivity contribution in [3.05, 3.63) is 75.7 Å². The summed E-state index contributed by atoms with van der Waals surface area (Å²) in [5.41, 5.74) is 3.69. The summed E-state index contributed by atoms with van der Waals surface area (Å²) in [5, 5.41) is 15.3. The summed E-state index contributed by atoms with van der Waals surface area (Å²) < 4.78 is 13.6. The van der Waals surface area contributed by atoms with Gasteiger partial charge in [-0.05, 0) is 17.7 Å². The lowest BCUT2D eigenvalue weighted by Crippen LogP contribution is -2.19. The third kappa shape index (κ3) is 3.69. The van der Waals surface area contributed by atoms with Crippen molar-refractivity contribution in [3.63, 3.8) is 0 Å². The van der Waals surface area contributed by atoms with Gasteiger partial charge < -0.3 is 4.98 Å². The first-order valence-corrected chi connectivity index (χ1v) is 7.35. The fraction of sp³-hybridized carbons (Fsp3) is 0.0588. The third-order valence-electron chi connectivity index (χ3n) is 3.61. The van der Waals surface area contributed by atoms with E-state index in [4.69, 9.17) is 0 Å². The molecule has 126 valence electrons. The Morgan fingerprint density at radius 3 is 2.92 bits per heavy atom. The molecule has 1 amide bonds. The van der Waals surface area contributed by atoms with E-state index in [1.807, 2.05) is 24.3 Å². The predicted octanol–water partition coefficient (Wildman–Crippen LogP) is 2.91. The Balaban J connectivity index is 1.67. The number of nitro groups is 1. The maximum Gasteiger partial charge on any atom is 0.270 e. The van der Waals surface area contributed by atoms with Gasteiger partial charge in [-0.25, -0.2) is 9.82 Å². The zero-order valence-electron chi connectivity index (χ0n) is 12.9. The third-order valence-corrected chi connectivity index (χ3v) is 3.61. The number of benzene rings is 2. The Labute approximate surface area is 141 Å². The van der Waals surface area contributed by atoms with E-state index in [1.54, 1.807) is 6.20 Å². The zero-order valence-corrected chi connectivity index (χ0v) is 12.9. The summed E-state index contributed by atoms with van der Waals surface area (Å²) in [7, 11) is 0. The number of nitro benzene ring substituents is 1. The van der Waals surface area contributed by atoms with Crippen molar-refractivity contribution >= 4 is 28.7 Å². The van der Waals surface area contributed by atoms with E-state index in [2.05, 4.69) is 15.5 Å². The Kier molecular flexibility index (Phi) is 4.51. The van der Waals surface area contributed by atoms with Crippen LogP contribution in [0.5, 0.6) is 0 Å². The Morgan fingerprint density at radius 2 is 2.12 bits per heavy atom. The van der Waals surface area contributed by atoms with Gasteiger partial charge in [-0.3, -0.25) is 14.9 Å². The maximum atomic E-state index is 13.6. The molecule has 7 nitrogen and oxygen atoms in total. The van der Waals surface area contributed by atoms with Crippen molar-refractivity contribution in [1.82, 2.24) is 10.4 Å². The van der Waals surface area contributed by atoms with E-state index >= 15 is 0 Å². The highest BCUT2D eigenvalue weighted by Gasteiger charge is 2.10. The Morgan fingerprint density at radius 1 is 1.32 bits per heavy atom. The van der Waals surface area contributed by atoms with Crippen molar-refractivity contribution in [2.45, 2.75) is 6.42 Å². The summed E-state index contributed by atoms with van der Waals surface area (Å²) in [4.78, 5) is 25.1. The topological polar surface area (TPSA) is 100 Å². The second-order valence-electron chi connectivity index (χ2n) is 5.29. The van der Waals surface area contributed by atoms with Crippen LogP contribution in [0.25, 0.3) is 10.9 Å². The molecule has 0 unspecified atom stereocenters. The van der Waals surface area contributed by atoms with Crippen molar-refractivity contribution in [2.24, 2.45) is 5.10 Å². The number of fused-ring (bicyclic) bond motifs is 1. The van der Waals surface area contributed by atoms with Gasteiger partial charge in [0, 0.05) is 34.8 Å². The van der Waals surface area contributed by atoms with Gasteiger partial charge in [0.15, 0.2) is 0 Å². The highest BCUT2D eigenvalue weighted by molar-refractivity contribution is 5.89. The van der Waals surface area contributed by atoms with Crippen LogP contribution in [0, 0.1) is 15.9 Å². The molecule has 1 aromatic heterocycles. The number of para-hydroxylation sites is 1. The number of hydrogen-bond acceptors (Lipinski definition) is 4. The Bertz CT molecular complexity index is 981. The molecule has 25 heavy (non-hydrogen) atoms. The molecule has 1 heterocycles. The van der Waals surface area contributed by atoms with Crippen LogP contribution in [-0.4, -0.2) is 22.0 Å². The minimum absolute atomic E-state index is 0.0819. The van der Waals surface area contributed by atoms with Gasteiger partial charge in [-0.1, -0.05) is 18.2 Å². The van der Waals surface area contributed by atoms with Gasteiger partial charge in [0.25, 0.3) is 5.69 Å². The molecule has 0 saturated carbocycles. The van der Waals surface area contributed by atoms with Crippen LogP contribution < -0.4 is 5.43 Å². The number of amides is 1. The molecule has 3 rings (SSSR count). The predicted molar refractivity (Wildman–Crippen MR) is 90.8 cm³/mol. The van der Waals surface area contributed by atoms with Crippen LogP contribution in [0.3, 0.4) is 0 Å². The molecule has 0 radical (unpaired) electrons. The number of hydrazone groups is 1. The summed E-state index contributed by atoms with van der Waals surface area (Å²) >= 11 is 0. The molecule has 0 fully saturated rings. The van der Waals surface area contributed by atoms with Crippen molar-refractivity contribution in [3.8, 4) is 0 Å². The van der Waals surface area contributed by atoms with Gasteiger partial charge in [0.05, 0.1) is 17.6 Å². The largest absolute Gasteiger partial charge is 0.361 e. The van der Waals surface area contributed by atoms with Crippen molar-refractivity contribution < 1.29 is 14.1 Å². The minimum Gasteiger partial charge on any atom is -0.361 e. The molecule has 3 aromatic rings. The van der Waals surface area contributed by atoms with Gasteiger partial charge in [0.1, 0.15) is 5.82 Å². The monoisotopic (exact) mass is 340 g/mol. The summed E-state index contributed by atoms with van der Waals surface area (Å²) in [6, 6.07) is 10.7. The molecule has 2 N–H and O–H groups in total. The number of non-ortho nitro benzene ring substituents is 1. The van der Waals surface area contributed by atoms with E-state index in [-0.39, 0.29) is 23.6 Å². The molecule has 2 aromatic carbocycles. The number of nitrogens with one attached hydrogen (secondary N) is 2. The number of aromatic nitrogens is 1. The van der Waals surface area contributed by atoms with Crippen molar-refractivity contribution in [1.29, 1.82) is 0 Å². The minimum atomic E-state index is -0.666. The van der Waals surface area contributed by atoms with E-state index in [9.17, 15) is 19.3 Å². The molecule has 0 aliphatic carbocycles. The molecular weight excluding hydrogens is 327 g/mol. The maximum absolute atomic E-state index is 13.6. The van der Waals surface area contributed by atoms with Crippen LogP contribution >= 0.6 is 0 Å². The fourth-order valence-electron chi connectivity index (χ4n) is 2.41. The number of halogens is 1. The molecule has 0 spiro atoms. The number of rotatable bonds is 5. The number of H-pyrrole nitrogens is 1. The smallest absolute Gasteiger partial charge is 0.270 e. The van der Waals surface area contributed by atoms with Crippen LogP contribution in [0.4, 0.5) is 10.1 Å². The lowest BCUT2D eigenvalue weighted by atomic mass is 10.1. The van der Waals surface area contributed by atoms with Gasteiger partial charge in [0.2, 0.25) is 5.91 Å². The molecule has 0 saturated heterocycles. The fourth-order valence-corrected chi connectivity index (χ4v) is 2.41. The first-order chi connectivity index (χ1) is 12.0. The highest BCUT2D eigenvalue weighted by atomic mass is 19.1. The van der Waals surface area contributed by atoms with Crippen LogP contribution in [0.15, 0.2) is 53.8 Å².